The van der Waals surface area contributed by atoms with Gasteiger partial charge in [0.25, 0.3) is 0 Å². The molecule has 1 heterocycles. The SMILES string of the molecule is Cc1cc(OC(c2ccc(C(F)(F)F)cc2)c2cccc3[nH]ncc23)ccc1OC(C)(C)C(=O)O. The Hall–Kier alpha value is -4.01. The highest BCUT2D eigenvalue weighted by molar-refractivity contribution is 5.82. The molecule has 3 aromatic carbocycles. The second-order valence-electron chi connectivity index (χ2n) is 8.64. The Morgan fingerprint density at radius 3 is 2.40 bits per heavy atom. The molecule has 1 atom stereocenters. The van der Waals surface area contributed by atoms with E-state index in [9.17, 15) is 23.1 Å². The van der Waals surface area contributed by atoms with Crippen LogP contribution in [0.2, 0.25) is 0 Å². The number of halogens is 3. The number of hydrogen-bond donors (Lipinski definition) is 2. The maximum atomic E-state index is 13.1. The minimum absolute atomic E-state index is 0.382. The number of carboxylic acids is 1. The van der Waals surface area contributed by atoms with Crippen molar-refractivity contribution in [3.8, 4) is 11.5 Å². The molecular weight excluding hydrogens is 461 g/mol. The number of H-pyrrole nitrogens is 1. The number of aryl methyl sites for hydroxylation is 1. The van der Waals surface area contributed by atoms with Crippen LogP contribution in [0.4, 0.5) is 13.2 Å². The van der Waals surface area contributed by atoms with E-state index < -0.39 is 29.4 Å². The summed E-state index contributed by atoms with van der Waals surface area (Å²) in [5.41, 5.74) is 0.480. The van der Waals surface area contributed by atoms with Gasteiger partial charge in [0, 0.05) is 10.9 Å². The van der Waals surface area contributed by atoms with Crippen LogP contribution in [0.25, 0.3) is 10.9 Å². The topological polar surface area (TPSA) is 84.4 Å². The van der Waals surface area contributed by atoms with Crippen LogP contribution in [-0.4, -0.2) is 26.9 Å². The van der Waals surface area contributed by atoms with E-state index in [0.29, 0.717) is 22.6 Å². The Kier molecular flexibility index (Phi) is 6.19. The Labute approximate surface area is 199 Å². The molecule has 9 heteroatoms. The molecule has 35 heavy (non-hydrogen) atoms. The van der Waals surface area contributed by atoms with Crippen LogP contribution in [0.15, 0.2) is 66.9 Å². The lowest BCUT2D eigenvalue weighted by atomic mass is 9.97. The summed E-state index contributed by atoms with van der Waals surface area (Å²) in [6.07, 6.45) is -3.54. The van der Waals surface area contributed by atoms with Gasteiger partial charge in [-0.2, -0.15) is 18.3 Å². The van der Waals surface area contributed by atoms with E-state index in [0.717, 1.165) is 28.6 Å². The third-order valence-electron chi connectivity index (χ3n) is 5.62. The van der Waals surface area contributed by atoms with Gasteiger partial charge < -0.3 is 14.6 Å². The molecule has 1 unspecified atom stereocenters. The lowest BCUT2D eigenvalue weighted by molar-refractivity contribution is -0.152. The summed E-state index contributed by atoms with van der Waals surface area (Å²) in [6.45, 7) is 4.65. The van der Waals surface area contributed by atoms with Crippen molar-refractivity contribution in [2.75, 3.05) is 0 Å². The fraction of sp³-hybridized carbons (Fsp3) is 0.231. The third-order valence-corrected chi connectivity index (χ3v) is 5.62. The van der Waals surface area contributed by atoms with E-state index >= 15 is 0 Å². The van der Waals surface area contributed by atoms with Gasteiger partial charge in [-0.05, 0) is 68.3 Å². The number of fused-ring (bicyclic) bond motifs is 1. The van der Waals surface area contributed by atoms with Gasteiger partial charge >= 0.3 is 12.1 Å². The predicted molar refractivity (Wildman–Crippen MR) is 124 cm³/mol. The Morgan fingerprint density at radius 2 is 1.77 bits per heavy atom. The number of aromatic amines is 1. The number of alkyl halides is 3. The largest absolute Gasteiger partial charge is 0.481 e. The molecule has 0 bridgehead atoms. The summed E-state index contributed by atoms with van der Waals surface area (Å²) in [5, 5.41) is 17.1. The van der Waals surface area contributed by atoms with E-state index in [1.165, 1.54) is 26.0 Å². The molecule has 182 valence electrons. The molecule has 4 rings (SSSR count). The van der Waals surface area contributed by atoms with Crippen LogP contribution < -0.4 is 9.47 Å². The fourth-order valence-electron chi connectivity index (χ4n) is 3.64. The third kappa shape index (κ3) is 5.08. The second-order valence-corrected chi connectivity index (χ2v) is 8.64. The molecule has 0 fully saturated rings. The molecule has 0 saturated heterocycles. The Morgan fingerprint density at radius 1 is 1.06 bits per heavy atom. The minimum atomic E-state index is -4.45. The zero-order valence-corrected chi connectivity index (χ0v) is 19.2. The molecule has 0 aliphatic rings. The van der Waals surface area contributed by atoms with Crippen molar-refractivity contribution in [3.05, 3.63) is 89.1 Å². The number of nitrogens with zero attached hydrogens (tertiary/aromatic N) is 1. The zero-order chi connectivity index (χ0) is 25.4. The van der Waals surface area contributed by atoms with E-state index in [4.69, 9.17) is 9.47 Å². The average molecular weight is 484 g/mol. The van der Waals surface area contributed by atoms with E-state index in [2.05, 4.69) is 10.2 Å². The highest BCUT2D eigenvalue weighted by Gasteiger charge is 2.31. The van der Waals surface area contributed by atoms with Crippen LogP contribution in [-0.2, 0) is 11.0 Å². The monoisotopic (exact) mass is 484 g/mol. The molecule has 6 nitrogen and oxygen atoms in total. The van der Waals surface area contributed by atoms with Crippen LogP contribution >= 0.6 is 0 Å². The predicted octanol–water partition coefficient (Wildman–Crippen LogP) is 6.30. The van der Waals surface area contributed by atoms with Gasteiger partial charge in [0.05, 0.1) is 17.3 Å². The Bertz CT molecular complexity index is 1360. The van der Waals surface area contributed by atoms with Crippen molar-refractivity contribution in [3.63, 3.8) is 0 Å². The maximum Gasteiger partial charge on any atom is 0.416 e. The molecule has 0 spiro atoms. The molecule has 0 saturated carbocycles. The van der Waals surface area contributed by atoms with E-state index in [1.54, 1.807) is 31.3 Å². The molecular formula is C26H23F3N2O4. The summed E-state index contributed by atoms with van der Waals surface area (Å²) < 4.78 is 51.3. The number of benzene rings is 3. The second kappa shape index (κ2) is 8.98. The lowest BCUT2D eigenvalue weighted by Crippen LogP contribution is -2.38. The number of aromatic nitrogens is 2. The van der Waals surface area contributed by atoms with Crippen LogP contribution in [0.3, 0.4) is 0 Å². The number of ether oxygens (including phenoxy) is 2. The quantitative estimate of drug-likeness (QED) is 0.322. The van der Waals surface area contributed by atoms with Crippen molar-refractivity contribution >= 4 is 16.9 Å². The number of hydrogen-bond acceptors (Lipinski definition) is 4. The smallest absolute Gasteiger partial charge is 0.416 e. The van der Waals surface area contributed by atoms with Crippen molar-refractivity contribution < 1.29 is 32.5 Å². The van der Waals surface area contributed by atoms with Crippen LogP contribution in [0, 0.1) is 6.92 Å². The summed E-state index contributed by atoms with van der Waals surface area (Å²) in [5.74, 6) is -0.283. The average Bonchev–Trinajstić information content (AvgIpc) is 3.28. The first-order valence-electron chi connectivity index (χ1n) is 10.7. The minimum Gasteiger partial charge on any atom is -0.481 e. The highest BCUT2D eigenvalue weighted by atomic mass is 19.4. The van der Waals surface area contributed by atoms with Gasteiger partial charge in [-0.25, -0.2) is 4.79 Å². The van der Waals surface area contributed by atoms with Gasteiger partial charge in [-0.1, -0.05) is 24.3 Å². The van der Waals surface area contributed by atoms with Crippen molar-refractivity contribution in [1.29, 1.82) is 0 Å². The zero-order valence-electron chi connectivity index (χ0n) is 19.2. The van der Waals surface area contributed by atoms with Crippen molar-refractivity contribution in [2.24, 2.45) is 0 Å². The van der Waals surface area contributed by atoms with E-state index in [1.807, 2.05) is 18.2 Å². The highest BCUT2D eigenvalue weighted by Crippen LogP contribution is 2.36. The lowest BCUT2D eigenvalue weighted by Gasteiger charge is -2.24. The number of rotatable bonds is 7. The van der Waals surface area contributed by atoms with Gasteiger partial charge in [0.1, 0.15) is 17.6 Å². The molecule has 0 radical (unpaired) electrons. The summed E-state index contributed by atoms with van der Waals surface area (Å²) in [4.78, 5) is 11.4. The summed E-state index contributed by atoms with van der Waals surface area (Å²) >= 11 is 0. The molecule has 0 aliphatic heterocycles. The van der Waals surface area contributed by atoms with Gasteiger partial charge in [-0.3, -0.25) is 5.10 Å². The van der Waals surface area contributed by atoms with Crippen molar-refractivity contribution in [1.82, 2.24) is 10.2 Å². The fourth-order valence-corrected chi connectivity index (χ4v) is 3.64. The molecule has 4 aromatic rings. The van der Waals surface area contributed by atoms with E-state index in [-0.39, 0.29) is 0 Å². The van der Waals surface area contributed by atoms with Gasteiger partial charge in [-0.15, -0.1) is 0 Å². The van der Waals surface area contributed by atoms with Gasteiger partial charge in [0.2, 0.25) is 0 Å². The first kappa shape index (κ1) is 24.1. The first-order valence-corrected chi connectivity index (χ1v) is 10.7. The van der Waals surface area contributed by atoms with Crippen LogP contribution in [0.5, 0.6) is 11.5 Å². The number of carbonyl (C=O) groups is 1. The number of aliphatic carboxylic acids is 1. The standard InChI is InChI=1S/C26H23F3N2O4/c1-15-13-18(11-12-22(15)35-25(2,3)24(32)33)34-23(16-7-9-17(10-8-16)26(27,28)29)19-5-4-6-21-20(19)14-30-31-21/h4-14,23H,1-3H3,(H,30,31)(H,32,33). The normalized spacial score (nSPS) is 13.0. The Balaban J connectivity index is 1.72. The summed E-state index contributed by atoms with van der Waals surface area (Å²) in [7, 11) is 0. The van der Waals surface area contributed by atoms with Crippen LogP contribution in [0.1, 0.15) is 42.2 Å². The molecule has 2 N–H and O–H groups in total. The van der Waals surface area contributed by atoms with Gasteiger partial charge in [0.15, 0.2) is 5.60 Å². The number of nitrogens with one attached hydrogen (secondary N) is 1. The molecule has 0 amide bonds. The van der Waals surface area contributed by atoms with Crippen molar-refractivity contribution in [2.45, 2.75) is 38.7 Å². The molecule has 0 aliphatic carbocycles. The summed E-state index contributed by atoms with van der Waals surface area (Å²) in [6, 6.07) is 15.3. The maximum absolute atomic E-state index is 13.1. The molecule has 1 aromatic heterocycles. The first-order chi connectivity index (χ1) is 16.5. The number of carboxylic acid groups (broad SMARTS) is 1.